The fourth-order valence-electron chi connectivity index (χ4n) is 1.85. The van der Waals surface area contributed by atoms with E-state index in [0.717, 1.165) is 10.9 Å². The van der Waals surface area contributed by atoms with Gasteiger partial charge in [0.1, 0.15) is 12.1 Å². The molecule has 21 heavy (non-hydrogen) atoms. The zero-order valence-electron chi connectivity index (χ0n) is 10.6. The predicted octanol–water partition coefficient (Wildman–Crippen LogP) is 3.98. The number of non-ortho nitro benzene ring substituents is 1. The van der Waals surface area contributed by atoms with Crippen LogP contribution in [0.3, 0.4) is 0 Å². The molecule has 0 aliphatic heterocycles. The average molecular weight is 302 g/mol. The number of benzene rings is 2. The minimum absolute atomic E-state index is 0.0973. The van der Waals surface area contributed by atoms with Crippen molar-refractivity contribution in [1.82, 2.24) is 9.97 Å². The number of nitrogens with zero attached hydrogens (tertiary/aromatic N) is 3. The molecule has 0 unspecified atom stereocenters. The number of hydrogen-bond acceptors (Lipinski definition) is 5. The summed E-state index contributed by atoms with van der Waals surface area (Å²) < 4.78 is 5.65. The molecule has 0 saturated carbocycles. The van der Waals surface area contributed by atoms with Crippen molar-refractivity contribution in [3.63, 3.8) is 0 Å². The van der Waals surface area contributed by atoms with Crippen molar-refractivity contribution < 1.29 is 9.66 Å². The van der Waals surface area contributed by atoms with Crippen LogP contribution >= 0.6 is 11.6 Å². The van der Waals surface area contributed by atoms with Crippen molar-refractivity contribution in [2.45, 2.75) is 0 Å². The summed E-state index contributed by atoms with van der Waals surface area (Å²) in [7, 11) is 0. The van der Waals surface area contributed by atoms with Gasteiger partial charge in [-0.15, -0.1) is 0 Å². The number of fused-ring (bicyclic) bond motifs is 1. The molecule has 3 rings (SSSR count). The highest BCUT2D eigenvalue weighted by molar-refractivity contribution is 6.32. The van der Waals surface area contributed by atoms with Gasteiger partial charge in [-0.3, -0.25) is 10.1 Å². The molecular formula is C14H8ClN3O3. The number of hydrogen-bond donors (Lipinski definition) is 0. The first-order valence-electron chi connectivity index (χ1n) is 5.96. The standard InChI is InChI=1S/C14H8ClN3O3/c15-11-7-9(18(19)20)5-6-13(11)21-14-10-3-1-2-4-12(10)16-8-17-14/h1-8H. The van der Waals surface area contributed by atoms with Gasteiger partial charge in [0.15, 0.2) is 0 Å². The van der Waals surface area contributed by atoms with Gasteiger partial charge >= 0.3 is 0 Å². The molecule has 0 aliphatic carbocycles. The quantitative estimate of drug-likeness (QED) is 0.540. The fourth-order valence-corrected chi connectivity index (χ4v) is 2.07. The Morgan fingerprint density at radius 3 is 2.71 bits per heavy atom. The maximum Gasteiger partial charge on any atom is 0.271 e. The summed E-state index contributed by atoms with van der Waals surface area (Å²) in [5.74, 6) is 0.641. The molecule has 1 heterocycles. The van der Waals surface area contributed by atoms with Gasteiger partial charge in [-0.05, 0) is 18.2 Å². The fraction of sp³-hybridized carbons (Fsp3) is 0. The van der Waals surface area contributed by atoms with E-state index >= 15 is 0 Å². The van der Waals surface area contributed by atoms with Gasteiger partial charge < -0.3 is 4.74 Å². The first-order chi connectivity index (χ1) is 10.1. The predicted molar refractivity (Wildman–Crippen MR) is 77.7 cm³/mol. The molecular weight excluding hydrogens is 294 g/mol. The van der Waals surface area contributed by atoms with Crippen molar-refractivity contribution in [1.29, 1.82) is 0 Å². The van der Waals surface area contributed by atoms with E-state index in [2.05, 4.69) is 9.97 Å². The number of para-hydroxylation sites is 1. The lowest BCUT2D eigenvalue weighted by molar-refractivity contribution is -0.384. The van der Waals surface area contributed by atoms with Gasteiger partial charge in [0.25, 0.3) is 5.69 Å². The molecule has 6 nitrogen and oxygen atoms in total. The maximum absolute atomic E-state index is 10.7. The summed E-state index contributed by atoms with van der Waals surface area (Å²) in [6, 6.07) is 11.4. The molecule has 0 N–H and O–H groups in total. The first kappa shape index (κ1) is 13.3. The van der Waals surface area contributed by atoms with Crippen LogP contribution < -0.4 is 4.74 Å². The molecule has 0 amide bonds. The van der Waals surface area contributed by atoms with Gasteiger partial charge in [-0.25, -0.2) is 9.97 Å². The highest BCUT2D eigenvalue weighted by Crippen LogP contribution is 2.33. The third-order valence-corrected chi connectivity index (χ3v) is 3.13. The lowest BCUT2D eigenvalue weighted by atomic mass is 10.2. The highest BCUT2D eigenvalue weighted by Gasteiger charge is 2.12. The molecule has 0 spiro atoms. The molecule has 0 radical (unpaired) electrons. The Labute approximate surface area is 124 Å². The molecule has 0 aliphatic rings. The molecule has 2 aromatic carbocycles. The molecule has 0 fully saturated rings. The molecule has 3 aromatic rings. The van der Waals surface area contributed by atoms with E-state index in [1.165, 1.54) is 24.5 Å². The van der Waals surface area contributed by atoms with Gasteiger partial charge in [0.05, 0.1) is 20.8 Å². The van der Waals surface area contributed by atoms with Crippen LogP contribution in [0.15, 0.2) is 48.8 Å². The van der Waals surface area contributed by atoms with Crippen molar-refractivity contribution in [3.05, 3.63) is 63.9 Å². The number of nitro benzene ring substituents is 1. The monoisotopic (exact) mass is 301 g/mol. The molecule has 104 valence electrons. The topological polar surface area (TPSA) is 78.2 Å². The number of nitro groups is 1. The lowest BCUT2D eigenvalue weighted by Crippen LogP contribution is -1.93. The third kappa shape index (κ3) is 2.61. The van der Waals surface area contributed by atoms with Gasteiger partial charge in [0.2, 0.25) is 5.88 Å². The average Bonchev–Trinajstić information content (AvgIpc) is 2.49. The maximum atomic E-state index is 10.7. The van der Waals surface area contributed by atoms with Crippen LogP contribution in [0.1, 0.15) is 0 Å². The largest absolute Gasteiger partial charge is 0.437 e. The first-order valence-corrected chi connectivity index (χ1v) is 6.34. The summed E-state index contributed by atoms with van der Waals surface area (Å²) in [5.41, 5.74) is 0.639. The second-order valence-electron chi connectivity index (χ2n) is 4.17. The Morgan fingerprint density at radius 2 is 1.95 bits per heavy atom. The van der Waals surface area contributed by atoms with Crippen molar-refractivity contribution in [3.8, 4) is 11.6 Å². The van der Waals surface area contributed by atoms with Crippen LogP contribution in [0.4, 0.5) is 5.69 Å². The van der Waals surface area contributed by atoms with Gasteiger partial charge in [0, 0.05) is 12.1 Å². The Morgan fingerprint density at radius 1 is 1.14 bits per heavy atom. The highest BCUT2D eigenvalue weighted by atomic mass is 35.5. The van der Waals surface area contributed by atoms with Crippen LogP contribution in [0.2, 0.25) is 5.02 Å². The lowest BCUT2D eigenvalue weighted by Gasteiger charge is -2.08. The molecule has 0 saturated heterocycles. The van der Waals surface area contributed by atoms with Crippen molar-refractivity contribution in [2.75, 3.05) is 0 Å². The van der Waals surface area contributed by atoms with E-state index in [-0.39, 0.29) is 10.7 Å². The third-order valence-electron chi connectivity index (χ3n) is 2.84. The second kappa shape index (κ2) is 5.34. The van der Waals surface area contributed by atoms with E-state index in [1.54, 1.807) is 0 Å². The Bertz CT molecular complexity index is 833. The minimum atomic E-state index is -0.518. The van der Waals surface area contributed by atoms with Crippen molar-refractivity contribution in [2.24, 2.45) is 0 Å². The van der Waals surface area contributed by atoms with Crippen LogP contribution in [0.5, 0.6) is 11.6 Å². The SMILES string of the molecule is O=[N+]([O-])c1ccc(Oc2ncnc3ccccc23)c(Cl)c1. The Balaban J connectivity index is 2.01. The van der Waals surface area contributed by atoms with Crippen molar-refractivity contribution >= 4 is 28.2 Å². The summed E-state index contributed by atoms with van der Waals surface area (Å²) in [6.45, 7) is 0. The second-order valence-corrected chi connectivity index (χ2v) is 4.58. The van der Waals surface area contributed by atoms with E-state index in [9.17, 15) is 10.1 Å². The van der Waals surface area contributed by atoms with E-state index in [0.29, 0.717) is 11.6 Å². The zero-order chi connectivity index (χ0) is 14.8. The summed E-state index contributed by atoms with van der Waals surface area (Å²) in [6.07, 6.45) is 1.39. The molecule has 0 atom stereocenters. The molecule has 1 aromatic heterocycles. The number of aromatic nitrogens is 2. The van der Waals surface area contributed by atoms with Crippen LogP contribution in [-0.2, 0) is 0 Å². The van der Waals surface area contributed by atoms with E-state index in [1.807, 2.05) is 24.3 Å². The van der Waals surface area contributed by atoms with E-state index < -0.39 is 4.92 Å². The Hall–Kier alpha value is -2.73. The van der Waals surface area contributed by atoms with Gasteiger partial charge in [-0.1, -0.05) is 23.7 Å². The number of halogens is 1. The number of ether oxygens (including phenoxy) is 1. The summed E-state index contributed by atoms with van der Waals surface area (Å²) in [5, 5.41) is 11.6. The smallest absolute Gasteiger partial charge is 0.271 e. The number of rotatable bonds is 3. The Kier molecular flexibility index (Phi) is 3.37. The van der Waals surface area contributed by atoms with Crippen LogP contribution in [0.25, 0.3) is 10.9 Å². The van der Waals surface area contributed by atoms with E-state index in [4.69, 9.17) is 16.3 Å². The summed E-state index contributed by atoms with van der Waals surface area (Å²) >= 11 is 6.00. The van der Waals surface area contributed by atoms with Gasteiger partial charge in [-0.2, -0.15) is 0 Å². The summed E-state index contributed by atoms with van der Waals surface area (Å²) in [4.78, 5) is 18.4. The normalized spacial score (nSPS) is 10.5. The molecule has 0 bridgehead atoms. The molecule has 7 heteroatoms. The zero-order valence-corrected chi connectivity index (χ0v) is 11.3. The minimum Gasteiger partial charge on any atom is -0.437 e. The van der Waals surface area contributed by atoms with Crippen LogP contribution in [-0.4, -0.2) is 14.9 Å². The van der Waals surface area contributed by atoms with Crippen LogP contribution in [0, 0.1) is 10.1 Å².